The second-order valence-electron chi connectivity index (χ2n) is 15.8. The Morgan fingerprint density at radius 3 is 2.11 bits per heavy atom. The first kappa shape index (κ1) is 28.2. The van der Waals surface area contributed by atoms with Gasteiger partial charge in [0.05, 0.1) is 6.61 Å². The molecule has 4 heteroatoms. The molecule has 5 rings (SSSR count). The topological polar surface area (TPSA) is 52.6 Å². The molecule has 0 aromatic rings. The van der Waals surface area contributed by atoms with E-state index in [9.17, 15) is 9.59 Å². The molecule has 0 heterocycles. The summed E-state index contributed by atoms with van der Waals surface area (Å²) in [4.78, 5) is 23.8. The van der Waals surface area contributed by atoms with Crippen LogP contribution in [0, 0.1) is 56.7 Å². The average Bonchev–Trinajstić information content (AvgIpc) is 3.20. The van der Waals surface area contributed by atoms with Crippen LogP contribution in [-0.2, 0) is 19.1 Å². The van der Waals surface area contributed by atoms with Crippen molar-refractivity contribution in [3.05, 3.63) is 12.2 Å². The first-order valence-corrected chi connectivity index (χ1v) is 15.6. The maximum atomic E-state index is 11.9. The number of carbonyl (C=O) groups excluding carboxylic acids is 2. The van der Waals surface area contributed by atoms with Gasteiger partial charge >= 0.3 is 11.9 Å². The molecule has 10 atom stereocenters. The largest absolute Gasteiger partial charge is 0.465 e. The summed E-state index contributed by atoms with van der Waals surface area (Å²) in [5.41, 5.74) is 2.30. The maximum Gasteiger partial charge on any atom is 0.302 e. The van der Waals surface area contributed by atoms with Crippen molar-refractivity contribution in [2.45, 2.75) is 126 Å². The molecule has 5 saturated carbocycles. The predicted octanol–water partition coefficient (Wildman–Crippen LogP) is 8.14. The number of carbonyl (C=O) groups is 2. The normalized spacial score (nSPS) is 49.1. The van der Waals surface area contributed by atoms with E-state index in [1.54, 1.807) is 13.8 Å². The number of fused-ring (bicyclic) bond motifs is 7. The van der Waals surface area contributed by atoms with E-state index < -0.39 is 0 Å². The Kier molecular flexibility index (Phi) is 6.76. The molecule has 0 aromatic carbocycles. The SMILES string of the molecule is C=C(C)[C@@H]1CC[C@]2(COC(C)=O)CC[C@]3(C)[C@H](CC[C@@H]4[C@@]5(C)CC[C@H](OC(C)=O)C(C)(C)[C@@H]5CC[C@]43C)C12. The molecular weight excluding hydrogens is 472 g/mol. The quantitative estimate of drug-likeness (QED) is 0.274. The lowest BCUT2D eigenvalue weighted by molar-refractivity contribution is -0.252. The van der Waals surface area contributed by atoms with Crippen molar-refractivity contribution in [1.82, 2.24) is 0 Å². The molecule has 0 spiro atoms. The molecule has 4 nitrogen and oxygen atoms in total. The van der Waals surface area contributed by atoms with Gasteiger partial charge in [-0.2, -0.15) is 0 Å². The van der Waals surface area contributed by atoms with Crippen molar-refractivity contribution < 1.29 is 19.1 Å². The number of hydrogen-bond donors (Lipinski definition) is 0. The molecule has 5 aliphatic carbocycles. The van der Waals surface area contributed by atoms with E-state index in [1.807, 2.05) is 0 Å². The Morgan fingerprint density at radius 2 is 1.47 bits per heavy atom. The van der Waals surface area contributed by atoms with Gasteiger partial charge in [0, 0.05) is 24.7 Å². The summed E-state index contributed by atoms with van der Waals surface area (Å²) >= 11 is 0. The zero-order chi connectivity index (χ0) is 27.9. The van der Waals surface area contributed by atoms with Gasteiger partial charge in [-0.05, 0) is 117 Å². The van der Waals surface area contributed by atoms with E-state index in [0.29, 0.717) is 41.6 Å². The fourth-order valence-electron chi connectivity index (χ4n) is 12.2. The van der Waals surface area contributed by atoms with E-state index in [0.717, 1.165) is 12.8 Å². The lowest BCUT2D eigenvalue weighted by Crippen LogP contribution is -2.67. The van der Waals surface area contributed by atoms with Gasteiger partial charge in [0.1, 0.15) is 6.10 Å². The standard InChI is InChI=1S/C34H54O4/c1-21(2)24-12-17-34(20-37-22(3)35)19-18-32(8)25(29(24)34)10-11-27-31(7)15-14-28(38-23(4)36)30(5,6)26(31)13-16-33(27,32)9/h24-29H,1,10-20H2,2-9H3/t24-,25+,26-,27+,28-,29?,31-,32+,33+,34+/m0/s1. The van der Waals surface area contributed by atoms with E-state index in [1.165, 1.54) is 56.9 Å². The van der Waals surface area contributed by atoms with Crippen LogP contribution in [0.4, 0.5) is 0 Å². The van der Waals surface area contributed by atoms with Gasteiger partial charge in [0.15, 0.2) is 0 Å². The average molecular weight is 527 g/mol. The van der Waals surface area contributed by atoms with Gasteiger partial charge in [-0.3, -0.25) is 9.59 Å². The van der Waals surface area contributed by atoms with E-state index in [2.05, 4.69) is 48.1 Å². The van der Waals surface area contributed by atoms with Crippen molar-refractivity contribution in [3.8, 4) is 0 Å². The first-order chi connectivity index (χ1) is 17.6. The van der Waals surface area contributed by atoms with Crippen LogP contribution in [0.15, 0.2) is 12.2 Å². The number of allylic oxidation sites excluding steroid dienone is 1. The van der Waals surface area contributed by atoms with Crippen molar-refractivity contribution >= 4 is 11.9 Å². The van der Waals surface area contributed by atoms with Gasteiger partial charge in [-0.25, -0.2) is 0 Å². The maximum absolute atomic E-state index is 11.9. The van der Waals surface area contributed by atoms with Crippen LogP contribution in [0.5, 0.6) is 0 Å². The lowest BCUT2D eigenvalue weighted by atomic mass is 9.32. The second kappa shape index (κ2) is 9.10. The van der Waals surface area contributed by atoms with Crippen LogP contribution < -0.4 is 0 Å². The first-order valence-electron chi connectivity index (χ1n) is 15.6. The van der Waals surface area contributed by atoms with Gasteiger partial charge in [-0.15, -0.1) is 0 Å². The fraction of sp³-hybridized carbons (Fsp3) is 0.882. The zero-order valence-corrected chi connectivity index (χ0v) is 25.6. The van der Waals surface area contributed by atoms with Crippen LogP contribution >= 0.6 is 0 Å². The molecule has 0 radical (unpaired) electrons. The Bertz CT molecular complexity index is 998. The Hall–Kier alpha value is -1.32. The summed E-state index contributed by atoms with van der Waals surface area (Å²) in [6, 6.07) is 0. The molecule has 0 aliphatic heterocycles. The molecule has 0 amide bonds. The molecule has 0 saturated heterocycles. The van der Waals surface area contributed by atoms with Gasteiger partial charge < -0.3 is 9.47 Å². The third-order valence-electron chi connectivity index (χ3n) is 14.0. The third kappa shape index (κ3) is 3.80. The van der Waals surface area contributed by atoms with Crippen LogP contribution in [0.2, 0.25) is 0 Å². The fourth-order valence-corrected chi connectivity index (χ4v) is 12.2. The summed E-state index contributed by atoms with van der Waals surface area (Å²) in [5.74, 6) is 2.76. The number of hydrogen-bond acceptors (Lipinski definition) is 4. The molecule has 0 N–H and O–H groups in total. The molecule has 0 aromatic heterocycles. The highest BCUT2D eigenvalue weighted by Crippen LogP contribution is 2.77. The molecular formula is C34H54O4. The molecule has 5 aliphatic rings. The minimum absolute atomic E-state index is 0.00000109. The van der Waals surface area contributed by atoms with Crippen LogP contribution in [-0.4, -0.2) is 24.6 Å². The second-order valence-corrected chi connectivity index (χ2v) is 15.8. The Labute approximate surface area is 232 Å². The predicted molar refractivity (Wildman–Crippen MR) is 151 cm³/mol. The summed E-state index contributed by atoms with van der Waals surface area (Å²) in [7, 11) is 0. The van der Waals surface area contributed by atoms with Crippen LogP contribution in [0.3, 0.4) is 0 Å². The molecule has 214 valence electrons. The highest BCUT2D eigenvalue weighted by Gasteiger charge is 2.71. The Balaban J connectivity index is 1.49. The number of esters is 2. The minimum Gasteiger partial charge on any atom is -0.465 e. The monoisotopic (exact) mass is 526 g/mol. The van der Waals surface area contributed by atoms with Crippen molar-refractivity contribution in [2.75, 3.05) is 6.61 Å². The van der Waals surface area contributed by atoms with Crippen LogP contribution in [0.1, 0.15) is 120 Å². The van der Waals surface area contributed by atoms with Gasteiger partial charge in [0.25, 0.3) is 0 Å². The smallest absolute Gasteiger partial charge is 0.302 e. The number of rotatable bonds is 4. The van der Waals surface area contributed by atoms with E-state index in [4.69, 9.17) is 9.47 Å². The lowest BCUT2D eigenvalue weighted by Gasteiger charge is -2.73. The minimum atomic E-state index is -0.140. The molecule has 5 fully saturated rings. The van der Waals surface area contributed by atoms with Crippen molar-refractivity contribution in [1.29, 1.82) is 0 Å². The zero-order valence-electron chi connectivity index (χ0n) is 25.6. The van der Waals surface area contributed by atoms with Crippen molar-refractivity contribution in [2.24, 2.45) is 56.7 Å². The molecule has 38 heavy (non-hydrogen) atoms. The highest BCUT2D eigenvalue weighted by molar-refractivity contribution is 5.66. The summed E-state index contributed by atoms with van der Waals surface area (Å²) in [5, 5.41) is 0. The summed E-state index contributed by atoms with van der Waals surface area (Å²) < 4.78 is 11.7. The van der Waals surface area contributed by atoms with E-state index in [-0.39, 0.29) is 39.7 Å². The molecule has 0 bridgehead atoms. The molecule has 1 unspecified atom stereocenters. The van der Waals surface area contributed by atoms with Gasteiger partial charge in [0.2, 0.25) is 0 Å². The highest BCUT2D eigenvalue weighted by atomic mass is 16.5. The summed E-state index contributed by atoms with van der Waals surface area (Å²) in [6.45, 7) is 23.1. The van der Waals surface area contributed by atoms with Gasteiger partial charge in [-0.1, -0.05) is 46.8 Å². The number of ether oxygens (including phenoxy) is 2. The van der Waals surface area contributed by atoms with Crippen molar-refractivity contribution in [3.63, 3.8) is 0 Å². The Morgan fingerprint density at radius 1 is 0.763 bits per heavy atom. The third-order valence-corrected chi connectivity index (χ3v) is 14.0. The summed E-state index contributed by atoms with van der Waals surface area (Å²) in [6.07, 6.45) is 12.0. The van der Waals surface area contributed by atoms with E-state index >= 15 is 0 Å². The van der Waals surface area contributed by atoms with Crippen LogP contribution in [0.25, 0.3) is 0 Å².